The third-order valence-electron chi connectivity index (χ3n) is 7.52. The number of carbonyl (C=O) groups excluding carboxylic acids is 1. The van der Waals surface area contributed by atoms with E-state index in [1.165, 1.54) is 11.1 Å². The Bertz CT molecular complexity index is 1640. The van der Waals surface area contributed by atoms with Crippen molar-refractivity contribution in [1.29, 1.82) is 0 Å². The Morgan fingerprint density at radius 3 is 1.90 bits per heavy atom. The standard InChI is InChI=1S/C35H28ClNO3.HPS/c1-24-19-21-26(22-20-24)35(25-11-3-2-4-12-25,32-17-9-10-18-33(32)36)40-37-34(38)39-23-31-29-15-7-5-13-27(29)28-14-6-8-16-30(28)31;1-2/h2-22,31H,23H2,1H3,(H,37,38);1H. The molecule has 1 aliphatic carbocycles. The van der Waals surface area contributed by atoms with Gasteiger partial charge in [-0.25, -0.2) is 9.63 Å². The van der Waals surface area contributed by atoms with Gasteiger partial charge in [0.05, 0.1) is 0 Å². The monoisotopic (exact) mass is 609 g/mol. The fourth-order valence-electron chi connectivity index (χ4n) is 5.60. The summed E-state index contributed by atoms with van der Waals surface area (Å²) in [6.45, 7) is 2.21. The van der Waals surface area contributed by atoms with Gasteiger partial charge in [0.15, 0.2) is 5.60 Å². The van der Waals surface area contributed by atoms with Gasteiger partial charge in [-0.1, -0.05) is 150 Å². The van der Waals surface area contributed by atoms with Gasteiger partial charge < -0.3 is 4.74 Å². The lowest BCUT2D eigenvalue weighted by molar-refractivity contribution is -0.0552. The molecule has 1 N–H and O–H groups in total. The van der Waals surface area contributed by atoms with Gasteiger partial charge in [-0.3, -0.25) is 0 Å². The summed E-state index contributed by atoms with van der Waals surface area (Å²) in [5.74, 6) is -0.0577. The molecular formula is C35H29ClNO3PS. The fraction of sp³-hybridized carbons (Fsp3) is 0.114. The number of ether oxygens (including phenoxy) is 1. The molecule has 0 radical (unpaired) electrons. The Hall–Kier alpha value is -3.86. The lowest BCUT2D eigenvalue weighted by Gasteiger charge is -2.35. The Morgan fingerprint density at radius 1 is 0.762 bits per heavy atom. The minimum atomic E-state index is -1.22. The van der Waals surface area contributed by atoms with Crippen molar-refractivity contribution in [2.24, 2.45) is 0 Å². The molecule has 210 valence electrons. The zero-order valence-corrected chi connectivity index (χ0v) is 25.5. The summed E-state index contributed by atoms with van der Waals surface area (Å²) < 4.78 is 5.78. The average Bonchev–Trinajstić information content (AvgIpc) is 3.37. The van der Waals surface area contributed by atoms with E-state index in [0.717, 1.165) is 27.8 Å². The third kappa shape index (κ3) is 5.74. The summed E-state index contributed by atoms with van der Waals surface area (Å²) in [6, 6.07) is 41.7. The van der Waals surface area contributed by atoms with Crippen molar-refractivity contribution in [3.63, 3.8) is 0 Å². The molecule has 0 spiro atoms. The maximum absolute atomic E-state index is 13.2. The smallest absolute Gasteiger partial charge is 0.431 e. The molecular weight excluding hydrogens is 581 g/mol. The maximum Gasteiger partial charge on any atom is 0.431 e. The van der Waals surface area contributed by atoms with Crippen LogP contribution in [0, 0.1) is 6.92 Å². The van der Waals surface area contributed by atoms with Gasteiger partial charge in [-0.05, 0) is 54.4 Å². The largest absolute Gasteiger partial charge is 0.447 e. The number of hydrogen-bond donors (Lipinski definition) is 1. The summed E-state index contributed by atoms with van der Waals surface area (Å²) in [4.78, 5) is 19.6. The summed E-state index contributed by atoms with van der Waals surface area (Å²) >= 11 is 10.7. The molecule has 0 heterocycles. The summed E-state index contributed by atoms with van der Waals surface area (Å²) in [6.07, 6.45) is -0.679. The van der Waals surface area contributed by atoms with Gasteiger partial charge in [0, 0.05) is 16.5 Å². The molecule has 6 rings (SSSR count). The molecule has 5 aromatic rings. The predicted molar refractivity (Wildman–Crippen MR) is 174 cm³/mol. The summed E-state index contributed by atoms with van der Waals surface area (Å²) in [5, 5.41) is 0.515. The molecule has 0 fully saturated rings. The first kappa shape index (κ1) is 29.6. The van der Waals surface area contributed by atoms with Crippen molar-refractivity contribution in [2.75, 3.05) is 6.61 Å². The van der Waals surface area contributed by atoms with Gasteiger partial charge in [-0.2, -0.15) is 5.48 Å². The fourth-order valence-corrected chi connectivity index (χ4v) is 5.87. The van der Waals surface area contributed by atoms with Crippen LogP contribution < -0.4 is 5.48 Å². The normalized spacial score (nSPS) is 13.1. The molecule has 5 aromatic carbocycles. The van der Waals surface area contributed by atoms with E-state index >= 15 is 0 Å². The lowest BCUT2D eigenvalue weighted by Crippen LogP contribution is -2.41. The molecule has 1 atom stereocenters. The van der Waals surface area contributed by atoms with E-state index in [9.17, 15) is 4.79 Å². The maximum atomic E-state index is 13.2. The van der Waals surface area contributed by atoms with Crippen molar-refractivity contribution < 1.29 is 14.4 Å². The molecule has 42 heavy (non-hydrogen) atoms. The van der Waals surface area contributed by atoms with Crippen LogP contribution >= 0.6 is 19.6 Å². The molecule has 4 nitrogen and oxygen atoms in total. The van der Waals surface area contributed by atoms with Gasteiger partial charge >= 0.3 is 6.09 Å². The van der Waals surface area contributed by atoms with Crippen LogP contribution in [0.2, 0.25) is 5.02 Å². The van der Waals surface area contributed by atoms with E-state index in [0.29, 0.717) is 10.6 Å². The summed E-state index contributed by atoms with van der Waals surface area (Å²) in [7, 11) is 2.56. The Morgan fingerprint density at radius 2 is 1.29 bits per heavy atom. The second-order valence-corrected chi connectivity index (χ2v) is 10.3. The third-order valence-corrected chi connectivity index (χ3v) is 7.85. The molecule has 1 aliphatic rings. The Labute approximate surface area is 258 Å². The molecule has 0 saturated carbocycles. The van der Waals surface area contributed by atoms with Crippen molar-refractivity contribution in [1.82, 2.24) is 5.48 Å². The number of fused-ring (bicyclic) bond motifs is 3. The predicted octanol–water partition coefficient (Wildman–Crippen LogP) is 9.00. The second-order valence-electron chi connectivity index (χ2n) is 9.92. The number of amides is 1. The highest BCUT2D eigenvalue weighted by Crippen LogP contribution is 2.45. The first-order valence-electron chi connectivity index (χ1n) is 13.4. The zero-order chi connectivity index (χ0) is 29.5. The number of hydrogen-bond acceptors (Lipinski definition) is 4. The lowest BCUT2D eigenvalue weighted by atomic mass is 9.80. The molecule has 0 aliphatic heterocycles. The Balaban J connectivity index is 0.00000173. The number of rotatable bonds is 7. The topological polar surface area (TPSA) is 47.6 Å². The molecule has 0 aromatic heterocycles. The second kappa shape index (κ2) is 13.4. The number of nitrogens with one attached hydrogen (secondary N) is 1. The number of benzene rings is 5. The van der Waals surface area contributed by atoms with E-state index in [1.54, 1.807) is 0 Å². The molecule has 1 unspecified atom stereocenters. The molecule has 0 saturated heterocycles. The van der Waals surface area contributed by atoms with E-state index in [4.69, 9.17) is 21.2 Å². The van der Waals surface area contributed by atoms with Gasteiger partial charge in [-0.15, -0.1) is 0 Å². The van der Waals surface area contributed by atoms with Crippen LogP contribution in [0.25, 0.3) is 11.1 Å². The van der Waals surface area contributed by atoms with Crippen LogP contribution in [0.1, 0.15) is 39.3 Å². The van der Waals surface area contributed by atoms with Crippen molar-refractivity contribution in [2.45, 2.75) is 18.4 Å². The van der Waals surface area contributed by atoms with Gasteiger partial charge in [0.2, 0.25) is 0 Å². The highest BCUT2D eigenvalue weighted by Gasteiger charge is 2.41. The van der Waals surface area contributed by atoms with Crippen molar-refractivity contribution in [3.8, 4) is 11.1 Å². The number of aryl methyl sites for hydroxylation is 1. The minimum absolute atomic E-state index is 0.0577. The average molecular weight is 610 g/mol. The highest BCUT2D eigenvalue weighted by molar-refractivity contribution is 7.88. The SMILES string of the molecule is Cc1ccc(C(ONC(=O)OCC2c3ccccc3-c3ccccc32)(c2ccccc2)c2ccccc2Cl)cc1.P=S. The first-order valence-corrected chi connectivity index (χ1v) is 15.5. The van der Waals surface area contributed by atoms with Crippen LogP contribution in [0.15, 0.2) is 127 Å². The van der Waals surface area contributed by atoms with Crippen LogP contribution in [0.4, 0.5) is 4.79 Å². The van der Waals surface area contributed by atoms with Crippen molar-refractivity contribution >= 4 is 37.5 Å². The number of hydroxylamine groups is 1. The van der Waals surface area contributed by atoms with E-state index in [1.807, 2.05) is 110 Å². The molecule has 7 heteroatoms. The van der Waals surface area contributed by atoms with E-state index < -0.39 is 11.7 Å². The van der Waals surface area contributed by atoms with E-state index in [-0.39, 0.29) is 12.5 Å². The van der Waals surface area contributed by atoms with Gasteiger partial charge in [0.1, 0.15) is 6.61 Å². The van der Waals surface area contributed by atoms with Crippen molar-refractivity contribution in [3.05, 3.63) is 166 Å². The first-order chi connectivity index (χ1) is 20.6. The minimum Gasteiger partial charge on any atom is -0.447 e. The number of halogens is 1. The van der Waals surface area contributed by atoms with Gasteiger partial charge in [0.25, 0.3) is 0 Å². The molecule has 0 bridgehead atoms. The summed E-state index contributed by atoms with van der Waals surface area (Å²) in [5.41, 5.74) is 9.45. The quantitative estimate of drug-likeness (QED) is 0.114. The Kier molecular flexibility index (Phi) is 9.46. The van der Waals surface area contributed by atoms with Crippen LogP contribution in [0.3, 0.4) is 0 Å². The zero-order valence-electron chi connectivity index (χ0n) is 22.9. The van der Waals surface area contributed by atoms with Crippen LogP contribution in [-0.2, 0) is 27.0 Å². The highest BCUT2D eigenvalue weighted by atomic mass is 35.5. The van der Waals surface area contributed by atoms with Crippen LogP contribution in [0.5, 0.6) is 0 Å². The van der Waals surface area contributed by atoms with Crippen LogP contribution in [-0.4, -0.2) is 12.7 Å². The molecule has 1 amide bonds. The number of carbonyl (C=O) groups is 1. The van der Waals surface area contributed by atoms with E-state index in [2.05, 4.69) is 49.6 Å².